The van der Waals surface area contributed by atoms with E-state index in [1.165, 1.54) is 19.1 Å². The third kappa shape index (κ3) is 3.93. The molecular weight excluding hydrogens is 239 g/mol. The summed E-state index contributed by atoms with van der Waals surface area (Å²) in [5.41, 5.74) is 0.243. The van der Waals surface area contributed by atoms with Gasteiger partial charge in [-0.1, -0.05) is 32.8 Å². The molecule has 1 aromatic carbocycles. The Balaban J connectivity index is 2.80. The highest BCUT2D eigenvalue weighted by atomic mass is 19.4. The minimum atomic E-state index is -4.28. The fourth-order valence-corrected chi connectivity index (χ4v) is 1.88. The van der Waals surface area contributed by atoms with Gasteiger partial charge in [0.15, 0.2) is 0 Å². The van der Waals surface area contributed by atoms with Gasteiger partial charge in [-0.15, -0.1) is 0 Å². The molecule has 0 aliphatic carbocycles. The average molecular weight is 259 g/mol. The molecule has 0 spiro atoms. The standard InChI is InChI=1S/C14H20F3N/c1-4-11(5-2)9-18-12-7-6-10(3)13(8-12)14(15,16)17/h6-8,11,18H,4-5,9H2,1-3H3. The zero-order chi connectivity index (χ0) is 13.8. The second-order valence-electron chi connectivity index (χ2n) is 4.59. The number of alkyl halides is 3. The molecule has 0 bridgehead atoms. The fraction of sp³-hybridized carbons (Fsp3) is 0.571. The maximum absolute atomic E-state index is 12.7. The van der Waals surface area contributed by atoms with Gasteiger partial charge in [0, 0.05) is 12.2 Å². The summed E-state index contributed by atoms with van der Waals surface area (Å²) in [5, 5.41) is 3.09. The molecule has 0 aliphatic heterocycles. The van der Waals surface area contributed by atoms with Crippen LogP contribution in [-0.2, 0) is 6.18 Å². The van der Waals surface area contributed by atoms with Gasteiger partial charge in [0.1, 0.15) is 0 Å². The molecule has 0 saturated carbocycles. The first-order valence-corrected chi connectivity index (χ1v) is 6.30. The zero-order valence-corrected chi connectivity index (χ0v) is 11.1. The number of hydrogen-bond acceptors (Lipinski definition) is 1. The van der Waals surface area contributed by atoms with Crippen LogP contribution >= 0.6 is 0 Å². The molecule has 0 heterocycles. The van der Waals surface area contributed by atoms with E-state index in [0.29, 0.717) is 18.2 Å². The van der Waals surface area contributed by atoms with Crippen LogP contribution in [0.15, 0.2) is 18.2 Å². The maximum atomic E-state index is 12.7. The molecule has 0 radical (unpaired) electrons. The largest absolute Gasteiger partial charge is 0.416 e. The van der Waals surface area contributed by atoms with Crippen molar-refractivity contribution in [2.24, 2.45) is 5.92 Å². The Kier molecular flexibility index (Phi) is 5.05. The molecule has 0 aromatic heterocycles. The summed E-state index contributed by atoms with van der Waals surface area (Å²) >= 11 is 0. The van der Waals surface area contributed by atoms with E-state index in [9.17, 15) is 13.2 Å². The zero-order valence-electron chi connectivity index (χ0n) is 11.1. The number of rotatable bonds is 5. The lowest BCUT2D eigenvalue weighted by atomic mass is 10.0. The highest BCUT2D eigenvalue weighted by Crippen LogP contribution is 2.33. The van der Waals surface area contributed by atoms with Crippen LogP contribution in [0.4, 0.5) is 18.9 Å². The van der Waals surface area contributed by atoms with Crippen molar-refractivity contribution >= 4 is 5.69 Å². The van der Waals surface area contributed by atoms with E-state index in [2.05, 4.69) is 19.2 Å². The van der Waals surface area contributed by atoms with Crippen molar-refractivity contribution in [3.05, 3.63) is 29.3 Å². The summed E-state index contributed by atoms with van der Waals surface area (Å²) in [5.74, 6) is 0.501. The topological polar surface area (TPSA) is 12.0 Å². The fourth-order valence-electron chi connectivity index (χ4n) is 1.88. The molecule has 0 amide bonds. The quantitative estimate of drug-likeness (QED) is 0.796. The van der Waals surface area contributed by atoms with E-state index < -0.39 is 11.7 Å². The van der Waals surface area contributed by atoms with Crippen LogP contribution in [0.25, 0.3) is 0 Å². The summed E-state index contributed by atoms with van der Waals surface area (Å²) in [6, 6.07) is 4.41. The molecule has 1 rings (SSSR count). The van der Waals surface area contributed by atoms with E-state index in [1.807, 2.05) is 0 Å². The van der Waals surface area contributed by atoms with Crippen molar-refractivity contribution in [1.82, 2.24) is 0 Å². The number of halogens is 3. The lowest BCUT2D eigenvalue weighted by molar-refractivity contribution is -0.138. The van der Waals surface area contributed by atoms with Crippen LogP contribution in [0.2, 0.25) is 0 Å². The van der Waals surface area contributed by atoms with Crippen LogP contribution < -0.4 is 5.32 Å². The van der Waals surface area contributed by atoms with Crippen molar-refractivity contribution in [1.29, 1.82) is 0 Å². The molecule has 0 fully saturated rings. The van der Waals surface area contributed by atoms with Gasteiger partial charge in [-0.05, 0) is 30.5 Å². The molecule has 18 heavy (non-hydrogen) atoms. The van der Waals surface area contributed by atoms with Gasteiger partial charge < -0.3 is 5.32 Å². The van der Waals surface area contributed by atoms with Crippen molar-refractivity contribution in [2.45, 2.75) is 39.8 Å². The van der Waals surface area contributed by atoms with Gasteiger partial charge in [0.2, 0.25) is 0 Å². The number of nitrogens with one attached hydrogen (secondary N) is 1. The first-order chi connectivity index (χ1) is 8.38. The van der Waals surface area contributed by atoms with Crippen LogP contribution in [0, 0.1) is 12.8 Å². The minimum absolute atomic E-state index is 0.260. The molecule has 0 unspecified atom stereocenters. The van der Waals surface area contributed by atoms with Gasteiger partial charge >= 0.3 is 6.18 Å². The van der Waals surface area contributed by atoms with Crippen molar-refractivity contribution in [3.63, 3.8) is 0 Å². The molecule has 0 aliphatic rings. The molecule has 4 heteroatoms. The van der Waals surface area contributed by atoms with E-state index >= 15 is 0 Å². The summed E-state index contributed by atoms with van der Waals surface area (Å²) in [7, 11) is 0. The normalized spacial score (nSPS) is 11.9. The summed E-state index contributed by atoms with van der Waals surface area (Å²) in [6.45, 7) is 6.37. The minimum Gasteiger partial charge on any atom is -0.385 e. The molecule has 1 aromatic rings. The Bertz CT molecular complexity index is 381. The Morgan fingerprint density at radius 1 is 1.17 bits per heavy atom. The van der Waals surface area contributed by atoms with Gasteiger partial charge in [0.25, 0.3) is 0 Å². The second-order valence-corrected chi connectivity index (χ2v) is 4.59. The predicted octanol–water partition coefficient (Wildman–Crippen LogP) is 4.86. The van der Waals surface area contributed by atoms with E-state index in [1.54, 1.807) is 6.07 Å². The molecule has 1 nitrogen and oxygen atoms in total. The molecule has 0 atom stereocenters. The van der Waals surface area contributed by atoms with E-state index in [-0.39, 0.29) is 5.56 Å². The van der Waals surface area contributed by atoms with E-state index in [4.69, 9.17) is 0 Å². The summed E-state index contributed by atoms with van der Waals surface area (Å²) in [6.07, 6.45) is -2.22. The second kappa shape index (κ2) is 6.12. The monoisotopic (exact) mass is 259 g/mol. The Morgan fingerprint density at radius 2 is 1.78 bits per heavy atom. The van der Waals surface area contributed by atoms with Crippen LogP contribution in [0.5, 0.6) is 0 Å². The Hall–Kier alpha value is -1.19. The van der Waals surface area contributed by atoms with Gasteiger partial charge in [-0.25, -0.2) is 0 Å². The van der Waals surface area contributed by atoms with Crippen molar-refractivity contribution < 1.29 is 13.2 Å². The van der Waals surface area contributed by atoms with Crippen LogP contribution in [0.1, 0.15) is 37.8 Å². The average Bonchev–Trinajstić information content (AvgIpc) is 2.31. The van der Waals surface area contributed by atoms with Gasteiger partial charge in [-0.2, -0.15) is 13.2 Å². The molecular formula is C14H20F3N. The lowest BCUT2D eigenvalue weighted by Crippen LogP contribution is -2.14. The van der Waals surface area contributed by atoms with Crippen molar-refractivity contribution in [2.75, 3.05) is 11.9 Å². The van der Waals surface area contributed by atoms with Crippen molar-refractivity contribution in [3.8, 4) is 0 Å². The van der Waals surface area contributed by atoms with E-state index in [0.717, 1.165) is 12.8 Å². The number of hydrogen-bond donors (Lipinski definition) is 1. The number of benzene rings is 1. The first kappa shape index (κ1) is 14.9. The highest BCUT2D eigenvalue weighted by molar-refractivity contribution is 5.49. The molecule has 1 N–H and O–H groups in total. The first-order valence-electron chi connectivity index (χ1n) is 6.30. The SMILES string of the molecule is CCC(CC)CNc1ccc(C)c(C(F)(F)F)c1. The smallest absolute Gasteiger partial charge is 0.385 e. The maximum Gasteiger partial charge on any atom is 0.416 e. The van der Waals surface area contributed by atoms with Gasteiger partial charge in [0.05, 0.1) is 5.56 Å². The number of anilines is 1. The van der Waals surface area contributed by atoms with Crippen LogP contribution in [0.3, 0.4) is 0 Å². The third-order valence-corrected chi connectivity index (χ3v) is 3.29. The van der Waals surface area contributed by atoms with Crippen LogP contribution in [-0.4, -0.2) is 6.54 Å². The Labute approximate surface area is 106 Å². The summed E-state index contributed by atoms with van der Waals surface area (Å²) < 4.78 is 38.2. The lowest BCUT2D eigenvalue weighted by Gasteiger charge is -2.16. The summed E-state index contributed by atoms with van der Waals surface area (Å²) in [4.78, 5) is 0. The molecule has 0 saturated heterocycles. The Morgan fingerprint density at radius 3 is 2.28 bits per heavy atom. The predicted molar refractivity (Wildman–Crippen MR) is 68.7 cm³/mol. The number of aryl methyl sites for hydroxylation is 1. The van der Waals surface area contributed by atoms with Gasteiger partial charge in [-0.3, -0.25) is 0 Å². The highest BCUT2D eigenvalue weighted by Gasteiger charge is 2.32. The third-order valence-electron chi connectivity index (χ3n) is 3.29. The molecule has 102 valence electrons.